The van der Waals surface area contributed by atoms with Gasteiger partial charge < -0.3 is 4.90 Å². The zero-order valence-corrected chi connectivity index (χ0v) is 15.1. The van der Waals surface area contributed by atoms with Crippen molar-refractivity contribution in [2.24, 2.45) is 5.92 Å². The summed E-state index contributed by atoms with van der Waals surface area (Å²) in [6.45, 7) is 6.79. The van der Waals surface area contributed by atoms with Gasteiger partial charge in [-0.25, -0.2) is 9.67 Å². The Bertz CT molecular complexity index is 896. The molecule has 0 saturated carbocycles. The molecule has 0 bridgehead atoms. The minimum absolute atomic E-state index is 0.0912. The minimum atomic E-state index is -0.169. The molecule has 0 spiro atoms. The van der Waals surface area contributed by atoms with Gasteiger partial charge in [0, 0.05) is 25.2 Å². The number of rotatable bonds is 5. The number of hydrogen-bond acceptors (Lipinski definition) is 4. The van der Waals surface area contributed by atoms with Gasteiger partial charge in [0.2, 0.25) is 5.91 Å². The number of hydrogen-bond donors (Lipinski definition) is 0. The molecule has 6 nitrogen and oxygen atoms in total. The maximum absolute atomic E-state index is 12.8. The van der Waals surface area contributed by atoms with Crippen molar-refractivity contribution >= 4 is 16.8 Å². The molecule has 2 aromatic heterocycles. The van der Waals surface area contributed by atoms with Crippen molar-refractivity contribution < 1.29 is 4.79 Å². The standard InChI is InChI=1S/C19H23N5O/c1-13(11-24-15(3)21-14(2)22-24)19(25)23(4)12-16-7-5-9-18-17(16)8-6-10-20-18/h5-10,13H,11-12H2,1-4H3/t13-/m0/s1. The molecule has 0 N–H and O–H groups in total. The van der Waals surface area contributed by atoms with Gasteiger partial charge in [-0.05, 0) is 31.5 Å². The van der Waals surface area contributed by atoms with E-state index in [-0.39, 0.29) is 11.8 Å². The van der Waals surface area contributed by atoms with E-state index in [1.807, 2.05) is 58.2 Å². The Labute approximate surface area is 147 Å². The van der Waals surface area contributed by atoms with Crippen LogP contribution in [-0.4, -0.2) is 37.6 Å². The quantitative estimate of drug-likeness (QED) is 0.718. The van der Waals surface area contributed by atoms with Gasteiger partial charge in [0.05, 0.1) is 18.0 Å². The van der Waals surface area contributed by atoms with Crippen LogP contribution in [0, 0.1) is 19.8 Å². The number of pyridine rings is 1. The lowest BCUT2D eigenvalue weighted by Gasteiger charge is -2.22. The summed E-state index contributed by atoms with van der Waals surface area (Å²) in [6.07, 6.45) is 1.78. The van der Waals surface area contributed by atoms with Crippen molar-refractivity contribution in [2.75, 3.05) is 7.05 Å². The zero-order chi connectivity index (χ0) is 18.0. The summed E-state index contributed by atoms with van der Waals surface area (Å²) in [5.74, 6) is 1.49. The number of fused-ring (bicyclic) bond motifs is 1. The molecular formula is C19H23N5O. The molecule has 0 aliphatic rings. The topological polar surface area (TPSA) is 63.9 Å². The summed E-state index contributed by atoms with van der Waals surface area (Å²) in [6, 6.07) is 9.98. The fourth-order valence-electron chi connectivity index (χ4n) is 3.09. The van der Waals surface area contributed by atoms with E-state index in [2.05, 4.69) is 15.1 Å². The largest absolute Gasteiger partial charge is 0.341 e. The normalized spacial score (nSPS) is 12.3. The highest BCUT2D eigenvalue weighted by Gasteiger charge is 2.20. The maximum atomic E-state index is 12.8. The molecule has 3 rings (SSSR count). The first-order chi connectivity index (χ1) is 12.0. The second-order valence-electron chi connectivity index (χ2n) is 6.47. The lowest BCUT2D eigenvalue weighted by atomic mass is 10.1. The van der Waals surface area contributed by atoms with E-state index in [0.717, 1.165) is 28.1 Å². The number of carbonyl (C=O) groups is 1. The third-order valence-electron chi connectivity index (χ3n) is 4.35. The number of aromatic nitrogens is 4. The lowest BCUT2D eigenvalue weighted by Crippen LogP contribution is -2.33. The predicted molar refractivity (Wildman–Crippen MR) is 96.9 cm³/mol. The van der Waals surface area contributed by atoms with Crippen LogP contribution in [0.1, 0.15) is 24.1 Å². The Kier molecular flexibility index (Phi) is 4.79. The molecule has 3 aromatic rings. The van der Waals surface area contributed by atoms with Crippen molar-refractivity contribution in [3.63, 3.8) is 0 Å². The van der Waals surface area contributed by atoms with Crippen LogP contribution in [0.3, 0.4) is 0 Å². The first-order valence-electron chi connectivity index (χ1n) is 8.41. The number of amides is 1. The number of benzene rings is 1. The Balaban J connectivity index is 1.72. The van der Waals surface area contributed by atoms with E-state index >= 15 is 0 Å². The van der Waals surface area contributed by atoms with E-state index < -0.39 is 0 Å². The molecule has 2 heterocycles. The first kappa shape index (κ1) is 17.1. The summed E-state index contributed by atoms with van der Waals surface area (Å²) < 4.78 is 1.80. The van der Waals surface area contributed by atoms with Gasteiger partial charge in [-0.15, -0.1) is 0 Å². The molecule has 1 aromatic carbocycles. The third kappa shape index (κ3) is 3.68. The van der Waals surface area contributed by atoms with Gasteiger partial charge in [0.25, 0.3) is 0 Å². The van der Waals surface area contributed by atoms with E-state index in [1.54, 1.807) is 15.8 Å². The molecule has 130 valence electrons. The highest BCUT2D eigenvalue weighted by molar-refractivity contribution is 5.83. The average Bonchev–Trinajstić information content (AvgIpc) is 2.91. The zero-order valence-electron chi connectivity index (χ0n) is 15.1. The van der Waals surface area contributed by atoms with Crippen LogP contribution in [0.5, 0.6) is 0 Å². The smallest absolute Gasteiger partial charge is 0.227 e. The Hall–Kier alpha value is -2.76. The SMILES string of the molecule is Cc1nc(C)n(C[C@H](C)C(=O)N(C)Cc2cccc3ncccc23)n1. The van der Waals surface area contributed by atoms with Crippen LogP contribution in [-0.2, 0) is 17.9 Å². The Morgan fingerprint density at radius 3 is 2.76 bits per heavy atom. The van der Waals surface area contributed by atoms with Crippen molar-refractivity contribution in [3.8, 4) is 0 Å². The monoisotopic (exact) mass is 337 g/mol. The van der Waals surface area contributed by atoms with Crippen LogP contribution in [0.2, 0.25) is 0 Å². The summed E-state index contributed by atoms with van der Waals surface area (Å²) >= 11 is 0. The van der Waals surface area contributed by atoms with E-state index in [9.17, 15) is 4.79 Å². The van der Waals surface area contributed by atoms with Crippen LogP contribution in [0.25, 0.3) is 10.9 Å². The summed E-state index contributed by atoms with van der Waals surface area (Å²) in [4.78, 5) is 23.2. The van der Waals surface area contributed by atoms with Crippen LogP contribution >= 0.6 is 0 Å². The summed E-state index contributed by atoms with van der Waals surface area (Å²) in [5, 5.41) is 5.43. The summed E-state index contributed by atoms with van der Waals surface area (Å²) in [5.41, 5.74) is 2.05. The molecule has 6 heteroatoms. The molecule has 1 amide bonds. The van der Waals surface area contributed by atoms with Crippen molar-refractivity contribution in [1.82, 2.24) is 24.6 Å². The van der Waals surface area contributed by atoms with Crippen molar-refractivity contribution in [1.29, 1.82) is 0 Å². The van der Waals surface area contributed by atoms with Gasteiger partial charge in [-0.1, -0.05) is 25.1 Å². The van der Waals surface area contributed by atoms with Crippen LogP contribution in [0.4, 0.5) is 0 Å². The van der Waals surface area contributed by atoms with Crippen molar-refractivity contribution in [3.05, 3.63) is 53.7 Å². The van der Waals surface area contributed by atoms with Gasteiger partial charge in [0.1, 0.15) is 11.6 Å². The van der Waals surface area contributed by atoms with Crippen LogP contribution in [0.15, 0.2) is 36.5 Å². The second kappa shape index (κ2) is 7.01. The minimum Gasteiger partial charge on any atom is -0.341 e. The highest BCUT2D eigenvalue weighted by Crippen LogP contribution is 2.18. The van der Waals surface area contributed by atoms with Gasteiger partial charge in [0.15, 0.2) is 0 Å². The molecule has 0 aliphatic heterocycles. The first-order valence-corrected chi connectivity index (χ1v) is 8.41. The molecule has 0 saturated heterocycles. The fourth-order valence-corrected chi connectivity index (χ4v) is 3.09. The predicted octanol–water partition coefficient (Wildman–Crippen LogP) is 2.74. The second-order valence-corrected chi connectivity index (χ2v) is 6.47. The highest BCUT2D eigenvalue weighted by atomic mass is 16.2. The van der Waals surface area contributed by atoms with E-state index in [0.29, 0.717) is 13.1 Å². The number of aryl methyl sites for hydroxylation is 2. The Morgan fingerprint density at radius 2 is 2.04 bits per heavy atom. The molecule has 0 unspecified atom stereocenters. The summed E-state index contributed by atoms with van der Waals surface area (Å²) in [7, 11) is 1.84. The van der Waals surface area contributed by atoms with Gasteiger partial charge >= 0.3 is 0 Å². The number of carbonyl (C=O) groups excluding carboxylic acids is 1. The van der Waals surface area contributed by atoms with Gasteiger partial charge in [-0.3, -0.25) is 9.78 Å². The average molecular weight is 337 g/mol. The maximum Gasteiger partial charge on any atom is 0.227 e. The molecule has 1 atom stereocenters. The molecular weight excluding hydrogens is 314 g/mol. The van der Waals surface area contributed by atoms with Crippen LogP contribution < -0.4 is 0 Å². The van der Waals surface area contributed by atoms with Gasteiger partial charge in [-0.2, -0.15) is 5.10 Å². The number of nitrogens with zero attached hydrogens (tertiary/aromatic N) is 5. The third-order valence-corrected chi connectivity index (χ3v) is 4.35. The molecule has 0 aliphatic carbocycles. The van der Waals surface area contributed by atoms with E-state index in [1.165, 1.54) is 0 Å². The fraction of sp³-hybridized carbons (Fsp3) is 0.368. The molecule has 25 heavy (non-hydrogen) atoms. The lowest BCUT2D eigenvalue weighted by molar-refractivity contribution is -0.134. The molecule has 0 fully saturated rings. The molecule has 0 radical (unpaired) electrons. The van der Waals surface area contributed by atoms with Crippen molar-refractivity contribution in [2.45, 2.75) is 33.9 Å². The van der Waals surface area contributed by atoms with E-state index in [4.69, 9.17) is 0 Å². The Morgan fingerprint density at radius 1 is 1.24 bits per heavy atom.